The largest absolute Gasteiger partial charge is 0.456 e. The summed E-state index contributed by atoms with van der Waals surface area (Å²) in [5.74, 6) is 0. The van der Waals surface area contributed by atoms with E-state index < -0.39 is 0 Å². The Morgan fingerprint density at radius 3 is 1.89 bits per heavy atom. The van der Waals surface area contributed by atoms with Crippen molar-refractivity contribution in [1.82, 2.24) is 4.98 Å². The minimum atomic E-state index is 0.875. The van der Waals surface area contributed by atoms with Crippen molar-refractivity contribution >= 4 is 71.7 Å². The van der Waals surface area contributed by atoms with Crippen LogP contribution in [0.25, 0.3) is 88.0 Å². The molecule has 0 saturated heterocycles. The van der Waals surface area contributed by atoms with E-state index in [4.69, 9.17) is 8.83 Å². The number of anilines is 3. The van der Waals surface area contributed by atoms with Crippen LogP contribution in [0.1, 0.15) is 0 Å². The molecule has 3 aromatic heterocycles. The average molecular weight is 705 g/mol. The Balaban J connectivity index is 1.03. The molecule has 258 valence electrons. The van der Waals surface area contributed by atoms with Crippen LogP contribution < -0.4 is 4.90 Å². The van der Waals surface area contributed by atoms with Crippen LogP contribution in [0, 0.1) is 0 Å². The van der Waals surface area contributed by atoms with Crippen LogP contribution in [-0.2, 0) is 0 Å². The van der Waals surface area contributed by atoms with Gasteiger partial charge >= 0.3 is 0 Å². The molecule has 0 unspecified atom stereocenters. The Morgan fingerprint density at radius 2 is 1.00 bits per heavy atom. The molecule has 0 aliphatic carbocycles. The molecule has 55 heavy (non-hydrogen) atoms. The smallest absolute Gasteiger partial charge is 0.136 e. The van der Waals surface area contributed by atoms with Crippen LogP contribution in [0.5, 0.6) is 0 Å². The van der Waals surface area contributed by atoms with E-state index in [0.29, 0.717) is 0 Å². The maximum atomic E-state index is 6.47. The van der Waals surface area contributed by atoms with Gasteiger partial charge in [-0.1, -0.05) is 97.1 Å². The molecule has 8 aromatic carbocycles. The van der Waals surface area contributed by atoms with E-state index in [1.54, 1.807) is 0 Å². The van der Waals surface area contributed by atoms with Gasteiger partial charge in [0.1, 0.15) is 22.3 Å². The highest BCUT2D eigenvalue weighted by molar-refractivity contribution is 6.23. The van der Waals surface area contributed by atoms with Gasteiger partial charge in [-0.3, -0.25) is 4.98 Å². The van der Waals surface area contributed by atoms with E-state index >= 15 is 0 Å². The number of benzene rings is 8. The Morgan fingerprint density at radius 1 is 0.345 bits per heavy atom. The summed E-state index contributed by atoms with van der Waals surface area (Å²) in [5.41, 5.74) is 13.6. The zero-order valence-electron chi connectivity index (χ0n) is 29.7. The highest BCUT2D eigenvalue weighted by atomic mass is 16.3. The lowest BCUT2D eigenvalue weighted by Crippen LogP contribution is -2.09. The summed E-state index contributed by atoms with van der Waals surface area (Å²) in [6.07, 6.45) is 3.67. The normalized spacial score (nSPS) is 11.6. The van der Waals surface area contributed by atoms with Crippen molar-refractivity contribution in [2.45, 2.75) is 0 Å². The van der Waals surface area contributed by atoms with Gasteiger partial charge in [-0.25, -0.2) is 0 Å². The zero-order chi connectivity index (χ0) is 36.3. The predicted molar refractivity (Wildman–Crippen MR) is 227 cm³/mol. The summed E-state index contributed by atoms with van der Waals surface area (Å²) >= 11 is 0. The third-order valence-corrected chi connectivity index (χ3v) is 10.8. The minimum absolute atomic E-state index is 0.875. The molecule has 4 heteroatoms. The lowest BCUT2D eigenvalue weighted by molar-refractivity contribution is 0.669. The quantitative estimate of drug-likeness (QED) is 0.173. The number of fused-ring (bicyclic) bond motifs is 8. The van der Waals surface area contributed by atoms with Gasteiger partial charge in [0, 0.05) is 56.4 Å². The van der Waals surface area contributed by atoms with Gasteiger partial charge in [-0.2, -0.15) is 0 Å². The highest BCUT2D eigenvalue weighted by Crippen LogP contribution is 2.43. The molecule has 11 rings (SSSR count). The van der Waals surface area contributed by atoms with Crippen LogP contribution >= 0.6 is 0 Å². The molecule has 4 nitrogen and oxygen atoms in total. The minimum Gasteiger partial charge on any atom is -0.456 e. The summed E-state index contributed by atoms with van der Waals surface area (Å²) < 4.78 is 12.7. The molecule has 0 spiro atoms. The molecule has 0 bridgehead atoms. The van der Waals surface area contributed by atoms with Gasteiger partial charge in [-0.15, -0.1) is 0 Å². The van der Waals surface area contributed by atoms with E-state index in [2.05, 4.69) is 168 Å². The SMILES string of the molecule is c1ccc(N(c2ccc(-c3ccc4c(c3)oc3ccccc34)cc2)c2cccc(-c3cccc4ccc5oc6ccc(-c7ccncc7)cc6c5c34)c2)cc1. The molecule has 0 amide bonds. The van der Waals surface area contributed by atoms with Crippen molar-refractivity contribution in [1.29, 1.82) is 0 Å². The molecule has 0 fully saturated rings. The summed E-state index contributed by atoms with van der Waals surface area (Å²) in [6.45, 7) is 0. The predicted octanol–water partition coefficient (Wildman–Crippen LogP) is 14.5. The second-order valence-corrected chi connectivity index (χ2v) is 14.0. The third-order valence-electron chi connectivity index (χ3n) is 10.8. The topological polar surface area (TPSA) is 42.4 Å². The van der Waals surface area contributed by atoms with Gasteiger partial charge in [0.2, 0.25) is 0 Å². The second kappa shape index (κ2) is 12.6. The summed E-state index contributed by atoms with van der Waals surface area (Å²) in [5, 5.41) is 6.85. The Kier molecular flexibility index (Phi) is 7.14. The van der Waals surface area contributed by atoms with Crippen molar-refractivity contribution in [2.24, 2.45) is 0 Å². The van der Waals surface area contributed by atoms with Gasteiger partial charge in [0.25, 0.3) is 0 Å². The number of hydrogen-bond donors (Lipinski definition) is 0. The van der Waals surface area contributed by atoms with Crippen molar-refractivity contribution < 1.29 is 8.83 Å². The van der Waals surface area contributed by atoms with Gasteiger partial charge in [0.05, 0.1) is 0 Å². The van der Waals surface area contributed by atoms with Crippen molar-refractivity contribution in [2.75, 3.05) is 4.90 Å². The summed E-state index contributed by atoms with van der Waals surface area (Å²) in [7, 11) is 0. The first-order valence-corrected chi connectivity index (χ1v) is 18.5. The number of furan rings is 2. The third kappa shape index (κ3) is 5.26. The first-order chi connectivity index (χ1) is 27.2. The number of pyridine rings is 1. The molecule has 3 heterocycles. The van der Waals surface area contributed by atoms with Crippen LogP contribution in [0.2, 0.25) is 0 Å². The number of rotatable bonds is 6. The lowest BCUT2D eigenvalue weighted by Gasteiger charge is -2.26. The molecular formula is C51H32N2O2. The summed E-state index contributed by atoms with van der Waals surface area (Å²) in [4.78, 5) is 6.55. The van der Waals surface area contributed by atoms with Gasteiger partial charge < -0.3 is 13.7 Å². The molecule has 11 aromatic rings. The molecule has 0 atom stereocenters. The first kappa shape index (κ1) is 31.1. The Hall–Kier alpha value is -7.43. The number of hydrogen-bond acceptors (Lipinski definition) is 4. The van der Waals surface area contributed by atoms with E-state index in [1.807, 2.05) is 36.7 Å². The lowest BCUT2D eigenvalue weighted by atomic mass is 9.93. The van der Waals surface area contributed by atoms with Crippen LogP contribution in [-0.4, -0.2) is 4.98 Å². The van der Waals surface area contributed by atoms with Crippen LogP contribution in [0.15, 0.2) is 203 Å². The molecule has 0 radical (unpaired) electrons. The number of nitrogens with zero attached hydrogens (tertiary/aromatic N) is 2. The monoisotopic (exact) mass is 704 g/mol. The second-order valence-electron chi connectivity index (χ2n) is 14.0. The molecular weight excluding hydrogens is 673 g/mol. The molecule has 0 saturated carbocycles. The molecule has 0 N–H and O–H groups in total. The van der Waals surface area contributed by atoms with E-state index in [9.17, 15) is 0 Å². The van der Waals surface area contributed by atoms with Gasteiger partial charge in [-0.05, 0) is 124 Å². The first-order valence-electron chi connectivity index (χ1n) is 18.5. The fourth-order valence-corrected chi connectivity index (χ4v) is 8.16. The van der Waals surface area contributed by atoms with E-state index in [1.165, 1.54) is 10.8 Å². The number of para-hydroxylation sites is 2. The standard InChI is InChI=1S/C51H32N2O2/c1-2-10-39(11-3-1)53(40-21-16-33(17-22-40)37-18-23-44-43-13-4-5-15-46(43)55-49(44)32-37)41-12-6-9-38(30-41)42-14-7-8-35-19-25-48-51(50(35)42)45-31-36(20-24-47(45)54-48)34-26-28-52-29-27-34/h1-32H. The average Bonchev–Trinajstić information content (AvgIpc) is 3.82. The van der Waals surface area contributed by atoms with Crippen molar-refractivity contribution in [3.63, 3.8) is 0 Å². The maximum Gasteiger partial charge on any atom is 0.136 e. The maximum absolute atomic E-state index is 6.47. The fraction of sp³-hybridized carbons (Fsp3) is 0. The Bertz CT molecular complexity index is 3200. The van der Waals surface area contributed by atoms with Crippen molar-refractivity contribution in [3.8, 4) is 33.4 Å². The number of aromatic nitrogens is 1. The Labute approximate surface area is 317 Å². The molecule has 0 aliphatic rings. The van der Waals surface area contributed by atoms with Crippen LogP contribution in [0.3, 0.4) is 0 Å². The van der Waals surface area contributed by atoms with E-state index in [-0.39, 0.29) is 0 Å². The summed E-state index contributed by atoms with van der Waals surface area (Å²) in [6, 6.07) is 64.3. The highest BCUT2D eigenvalue weighted by Gasteiger charge is 2.18. The van der Waals surface area contributed by atoms with Crippen molar-refractivity contribution in [3.05, 3.63) is 194 Å². The zero-order valence-corrected chi connectivity index (χ0v) is 29.7. The van der Waals surface area contributed by atoms with Gasteiger partial charge in [0.15, 0.2) is 0 Å². The molecule has 0 aliphatic heterocycles. The van der Waals surface area contributed by atoms with E-state index in [0.717, 1.165) is 94.3 Å². The fourth-order valence-electron chi connectivity index (χ4n) is 8.16. The van der Waals surface area contributed by atoms with Crippen LogP contribution in [0.4, 0.5) is 17.1 Å².